The molecule has 23 heavy (non-hydrogen) atoms. The van der Waals surface area contributed by atoms with Crippen LogP contribution in [0.4, 0.5) is 5.69 Å². The predicted molar refractivity (Wildman–Crippen MR) is 90.5 cm³/mol. The minimum Gasteiger partial charge on any atom is -0.324 e. The smallest absolute Gasteiger partial charge is 0.275 e. The second-order valence-corrected chi connectivity index (χ2v) is 5.52. The van der Waals surface area contributed by atoms with Crippen molar-refractivity contribution in [3.63, 3.8) is 0 Å². The lowest BCUT2D eigenvalue weighted by atomic mass is 10.2. The van der Waals surface area contributed by atoms with Crippen LogP contribution in [0.3, 0.4) is 0 Å². The zero-order valence-electron chi connectivity index (χ0n) is 13.0. The van der Waals surface area contributed by atoms with Crippen LogP contribution in [0.15, 0.2) is 59.5 Å². The number of amides is 1. The van der Waals surface area contributed by atoms with Crippen LogP contribution in [0.2, 0.25) is 0 Å². The first-order valence-electron chi connectivity index (χ1n) is 7.40. The molecule has 1 atom stereocenters. The molecule has 116 valence electrons. The van der Waals surface area contributed by atoms with Crippen LogP contribution in [0.25, 0.3) is 10.8 Å². The predicted octanol–water partition coefficient (Wildman–Crippen LogP) is 2.90. The van der Waals surface area contributed by atoms with Gasteiger partial charge in [0.25, 0.3) is 5.56 Å². The Labute approximate surface area is 133 Å². The van der Waals surface area contributed by atoms with E-state index in [1.807, 2.05) is 43.3 Å². The van der Waals surface area contributed by atoms with Crippen LogP contribution in [0.1, 0.15) is 18.5 Å². The zero-order valence-corrected chi connectivity index (χ0v) is 13.0. The Morgan fingerprint density at radius 3 is 2.74 bits per heavy atom. The van der Waals surface area contributed by atoms with Gasteiger partial charge in [-0.05, 0) is 37.6 Å². The summed E-state index contributed by atoms with van der Waals surface area (Å²) >= 11 is 0. The van der Waals surface area contributed by atoms with E-state index in [4.69, 9.17) is 0 Å². The maximum absolute atomic E-state index is 12.5. The summed E-state index contributed by atoms with van der Waals surface area (Å²) in [6.07, 6.45) is 1.60. The van der Waals surface area contributed by atoms with Gasteiger partial charge in [0.1, 0.15) is 6.04 Å². The number of nitrogens with zero attached hydrogens (tertiary/aromatic N) is 2. The van der Waals surface area contributed by atoms with Crippen LogP contribution in [-0.4, -0.2) is 15.7 Å². The van der Waals surface area contributed by atoms with Gasteiger partial charge in [-0.1, -0.05) is 30.3 Å². The standard InChI is InChI=1S/C18H17N3O2/c1-12-6-5-8-15(10-12)20-17(22)13(2)21-18(23)16-9-4-3-7-14(16)11-19-21/h3-11,13H,1-2H3,(H,20,22). The Bertz CT molecular complexity index is 931. The van der Waals surface area contributed by atoms with Gasteiger partial charge < -0.3 is 5.32 Å². The normalized spacial score (nSPS) is 12.1. The van der Waals surface area contributed by atoms with Crippen LogP contribution in [0, 0.1) is 6.92 Å². The first-order chi connectivity index (χ1) is 11.1. The second kappa shape index (κ2) is 6.04. The number of hydrogen-bond donors (Lipinski definition) is 1. The van der Waals surface area contributed by atoms with Crippen molar-refractivity contribution in [2.45, 2.75) is 19.9 Å². The SMILES string of the molecule is Cc1cccc(NC(=O)C(C)n2ncc3ccccc3c2=O)c1. The number of fused-ring (bicyclic) bond motifs is 1. The second-order valence-electron chi connectivity index (χ2n) is 5.52. The van der Waals surface area contributed by atoms with Gasteiger partial charge in [-0.15, -0.1) is 0 Å². The van der Waals surface area contributed by atoms with Crippen molar-refractivity contribution in [2.75, 3.05) is 5.32 Å². The van der Waals surface area contributed by atoms with Gasteiger partial charge in [0, 0.05) is 11.1 Å². The monoisotopic (exact) mass is 307 g/mol. The highest BCUT2D eigenvalue weighted by atomic mass is 16.2. The van der Waals surface area contributed by atoms with Gasteiger partial charge in [0.2, 0.25) is 5.91 Å². The molecule has 0 aliphatic carbocycles. The molecule has 2 aromatic carbocycles. The van der Waals surface area contributed by atoms with Crippen LogP contribution < -0.4 is 10.9 Å². The van der Waals surface area contributed by atoms with E-state index in [0.29, 0.717) is 11.1 Å². The number of hydrogen-bond acceptors (Lipinski definition) is 3. The lowest BCUT2D eigenvalue weighted by Gasteiger charge is -2.14. The average Bonchev–Trinajstić information content (AvgIpc) is 2.55. The van der Waals surface area contributed by atoms with Crippen molar-refractivity contribution < 1.29 is 4.79 Å². The van der Waals surface area contributed by atoms with E-state index < -0.39 is 6.04 Å². The largest absolute Gasteiger partial charge is 0.324 e. The highest BCUT2D eigenvalue weighted by Gasteiger charge is 2.18. The third kappa shape index (κ3) is 2.99. The topological polar surface area (TPSA) is 64.0 Å². The van der Waals surface area contributed by atoms with Crippen molar-refractivity contribution in [2.24, 2.45) is 0 Å². The molecule has 0 saturated heterocycles. The van der Waals surface area contributed by atoms with E-state index in [-0.39, 0.29) is 11.5 Å². The maximum atomic E-state index is 12.5. The maximum Gasteiger partial charge on any atom is 0.275 e. The fourth-order valence-electron chi connectivity index (χ4n) is 2.46. The summed E-state index contributed by atoms with van der Waals surface area (Å²) in [7, 11) is 0. The van der Waals surface area contributed by atoms with E-state index in [0.717, 1.165) is 10.9 Å². The van der Waals surface area contributed by atoms with Crippen molar-refractivity contribution in [3.8, 4) is 0 Å². The molecule has 3 rings (SSSR count). The zero-order chi connectivity index (χ0) is 16.4. The Kier molecular flexibility index (Phi) is 3.93. The number of nitrogens with one attached hydrogen (secondary N) is 1. The molecule has 1 unspecified atom stereocenters. The lowest BCUT2D eigenvalue weighted by molar-refractivity contribution is -0.119. The van der Waals surface area contributed by atoms with Crippen LogP contribution >= 0.6 is 0 Å². The highest BCUT2D eigenvalue weighted by molar-refractivity contribution is 5.93. The summed E-state index contributed by atoms with van der Waals surface area (Å²) in [5, 5.41) is 8.26. The first-order valence-corrected chi connectivity index (χ1v) is 7.40. The van der Waals surface area contributed by atoms with E-state index in [1.54, 1.807) is 25.3 Å². The molecule has 5 nitrogen and oxygen atoms in total. The number of aromatic nitrogens is 2. The van der Waals surface area contributed by atoms with E-state index >= 15 is 0 Å². The molecule has 0 aliphatic heterocycles. The molecular formula is C18H17N3O2. The third-order valence-corrected chi connectivity index (χ3v) is 3.75. The van der Waals surface area contributed by atoms with Gasteiger partial charge in [-0.2, -0.15) is 5.10 Å². The third-order valence-electron chi connectivity index (χ3n) is 3.75. The van der Waals surface area contributed by atoms with Gasteiger partial charge in [-0.3, -0.25) is 9.59 Å². The molecule has 1 aromatic heterocycles. The summed E-state index contributed by atoms with van der Waals surface area (Å²) in [5.41, 5.74) is 1.49. The van der Waals surface area contributed by atoms with Crippen molar-refractivity contribution >= 4 is 22.4 Å². The fourth-order valence-corrected chi connectivity index (χ4v) is 2.46. The summed E-state index contributed by atoms with van der Waals surface area (Å²) in [5.74, 6) is -0.277. The molecule has 3 aromatic rings. The molecule has 0 aliphatic rings. The summed E-state index contributed by atoms with van der Waals surface area (Å²) in [6.45, 7) is 3.61. The van der Waals surface area contributed by atoms with Crippen LogP contribution in [-0.2, 0) is 4.79 Å². The van der Waals surface area contributed by atoms with E-state index in [9.17, 15) is 9.59 Å². The average molecular weight is 307 g/mol. The minimum atomic E-state index is -0.701. The van der Waals surface area contributed by atoms with E-state index in [1.165, 1.54) is 4.68 Å². The van der Waals surface area contributed by atoms with Gasteiger partial charge in [-0.25, -0.2) is 4.68 Å². The molecule has 1 heterocycles. The number of benzene rings is 2. The number of aryl methyl sites for hydroxylation is 1. The van der Waals surface area contributed by atoms with Crippen molar-refractivity contribution in [1.82, 2.24) is 9.78 Å². The molecule has 0 bridgehead atoms. The lowest BCUT2D eigenvalue weighted by Crippen LogP contribution is -2.33. The highest BCUT2D eigenvalue weighted by Crippen LogP contribution is 2.13. The molecule has 0 fully saturated rings. The first kappa shape index (κ1) is 15.0. The Balaban J connectivity index is 1.90. The van der Waals surface area contributed by atoms with Gasteiger partial charge in [0.15, 0.2) is 0 Å². The Morgan fingerprint density at radius 1 is 1.17 bits per heavy atom. The summed E-state index contributed by atoms with van der Waals surface area (Å²) in [4.78, 5) is 24.9. The minimum absolute atomic E-state index is 0.269. The number of carbonyl (C=O) groups excluding carboxylic acids is 1. The van der Waals surface area contributed by atoms with E-state index in [2.05, 4.69) is 10.4 Å². The molecule has 5 heteroatoms. The van der Waals surface area contributed by atoms with Gasteiger partial charge >= 0.3 is 0 Å². The number of carbonyl (C=O) groups is 1. The molecule has 0 spiro atoms. The Hall–Kier alpha value is -2.95. The molecule has 0 saturated carbocycles. The summed E-state index contributed by atoms with van der Waals surface area (Å²) < 4.78 is 1.22. The molecular weight excluding hydrogens is 290 g/mol. The quantitative estimate of drug-likeness (QED) is 0.809. The number of rotatable bonds is 3. The molecule has 0 radical (unpaired) electrons. The van der Waals surface area contributed by atoms with Gasteiger partial charge in [0.05, 0.1) is 11.6 Å². The van der Waals surface area contributed by atoms with Crippen LogP contribution in [0.5, 0.6) is 0 Å². The van der Waals surface area contributed by atoms with Crippen molar-refractivity contribution in [3.05, 3.63) is 70.6 Å². The number of anilines is 1. The molecule has 1 N–H and O–H groups in total. The van der Waals surface area contributed by atoms with Crippen molar-refractivity contribution in [1.29, 1.82) is 0 Å². The Morgan fingerprint density at radius 2 is 1.96 bits per heavy atom. The summed E-state index contributed by atoms with van der Waals surface area (Å²) in [6, 6.07) is 14.0. The molecule has 1 amide bonds. The fraction of sp³-hybridized carbons (Fsp3) is 0.167.